The zero-order valence-corrected chi connectivity index (χ0v) is 16.7. The number of rotatable bonds is 6. The van der Waals surface area contributed by atoms with Gasteiger partial charge in [-0.25, -0.2) is 0 Å². The van der Waals surface area contributed by atoms with Crippen molar-refractivity contribution in [2.24, 2.45) is 0 Å². The maximum Gasteiger partial charge on any atom is 0.239 e. The zero-order chi connectivity index (χ0) is 19.5. The molecule has 144 valence electrons. The van der Waals surface area contributed by atoms with Gasteiger partial charge in [0.1, 0.15) is 6.54 Å². The van der Waals surface area contributed by atoms with E-state index in [0.29, 0.717) is 23.2 Å². The third-order valence-electron chi connectivity index (χ3n) is 4.94. The SMILES string of the molecule is O=C(CN1CSCC1=O)NCC(c1ccccc1Cl)c1c[nH]c2ccccc12. The minimum absolute atomic E-state index is 0.0134. The minimum Gasteiger partial charge on any atom is -0.361 e. The molecule has 28 heavy (non-hydrogen) atoms. The van der Waals surface area contributed by atoms with E-state index in [4.69, 9.17) is 11.6 Å². The summed E-state index contributed by atoms with van der Waals surface area (Å²) in [5, 5.41) is 4.76. The fourth-order valence-corrected chi connectivity index (χ4v) is 4.68. The number of fused-ring (bicyclic) bond motifs is 1. The van der Waals surface area contributed by atoms with Gasteiger partial charge in [0.05, 0.1) is 11.6 Å². The van der Waals surface area contributed by atoms with Crippen LogP contribution < -0.4 is 5.32 Å². The Bertz CT molecular complexity index is 1020. The van der Waals surface area contributed by atoms with Crippen molar-refractivity contribution in [1.82, 2.24) is 15.2 Å². The summed E-state index contributed by atoms with van der Waals surface area (Å²) in [6.07, 6.45) is 1.98. The van der Waals surface area contributed by atoms with Crippen LogP contribution in [0.25, 0.3) is 10.9 Å². The van der Waals surface area contributed by atoms with Crippen molar-refractivity contribution >= 4 is 46.1 Å². The monoisotopic (exact) mass is 413 g/mol. The number of nitrogens with zero attached hydrogens (tertiary/aromatic N) is 1. The lowest BCUT2D eigenvalue weighted by atomic mass is 9.90. The lowest BCUT2D eigenvalue weighted by Gasteiger charge is -2.20. The van der Waals surface area contributed by atoms with Crippen LogP contribution in [0.5, 0.6) is 0 Å². The van der Waals surface area contributed by atoms with Crippen molar-refractivity contribution < 1.29 is 9.59 Å². The van der Waals surface area contributed by atoms with Crippen LogP contribution in [0.4, 0.5) is 0 Å². The number of hydrogen-bond donors (Lipinski definition) is 2. The highest BCUT2D eigenvalue weighted by Crippen LogP contribution is 2.34. The first-order valence-electron chi connectivity index (χ1n) is 9.06. The van der Waals surface area contributed by atoms with E-state index < -0.39 is 0 Å². The number of carbonyl (C=O) groups is 2. The van der Waals surface area contributed by atoms with Crippen molar-refractivity contribution in [3.05, 3.63) is 70.9 Å². The molecule has 0 spiro atoms. The molecule has 2 aromatic carbocycles. The van der Waals surface area contributed by atoms with Crippen LogP contribution in [0.1, 0.15) is 17.0 Å². The van der Waals surface area contributed by atoms with E-state index in [1.165, 1.54) is 11.8 Å². The third kappa shape index (κ3) is 3.88. The Morgan fingerprint density at radius 2 is 1.96 bits per heavy atom. The second-order valence-corrected chi connectivity index (χ2v) is 8.10. The average Bonchev–Trinajstić information content (AvgIpc) is 3.30. The number of hydrogen-bond acceptors (Lipinski definition) is 3. The van der Waals surface area contributed by atoms with Crippen LogP contribution >= 0.6 is 23.4 Å². The van der Waals surface area contributed by atoms with Gasteiger partial charge in [0.15, 0.2) is 0 Å². The van der Waals surface area contributed by atoms with Crippen LogP contribution in [-0.4, -0.2) is 46.4 Å². The van der Waals surface area contributed by atoms with Crippen molar-refractivity contribution in [3.63, 3.8) is 0 Å². The average molecular weight is 414 g/mol. The van der Waals surface area contributed by atoms with Gasteiger partial charge < -0.3 is 15.2 Å². The van der Waals surface area contributed by atoms with Crippen molar-refractivity contribution in [2.75, 3.05) is 24.7 Å². The van der Waals surface area contributed by atoms with Gasteiger partial charge in [0.2, 0.25) is 11.8 Å². The van der Waals surface area contributed by atoms with Crippen LogP contribution in [0.3, 0.4) is 0 Å². The van der Waals surface area contributed by atoms with E-state index in [9.17, 15) is 9.59 Å². The molecule has 0 bridgehead atoms. The fourth-order valence-electron chi connectivity index (χ4n) is 3.51. The van der Waals surface area contributed by atoms with Gasteiger partial charge >= 0.3 is 0 Å². The number of nitrogens with one attached hydrogen (secondary N) is 2. The summed E-state index contributed by atoms with van der Waals surface area (Å²) in [6, 6.07) is 15.8. The normalized spacial score (nSPS) is 15.2. The maximum absolute atomic E-state index is 12.4. The van der Waals surface area contributed by atoms with Crippen molar-refractivity contribution in [2.45, 2.75) is 5.92 Å². The van der Waals surface area contributed by atoms with E-state index in [1.807, 2.05) is 48.7 Å². The molecule has 3 aromatic rings. The smallest absolute Gasteiger partial charge is 0.239 e. The molecule has 2 heterocycles. The molecule has 1 saturated heterocycles. The Balaban J connectivity index is 1.58. The van der Waals surface area contributed by atoms with E-state index in [0.717, 1.165) is 22.0 Å². The van der Waals surface area contributed by atoms with Crippen LogP contribution in [0.15, 0.2) is 54.7 Å². The minimum atomic E-state index is -0.159. The fraction of sp³-hybridized carbons (Fsp3) is 0.238. The summed E-state index contributed by atoms with van der Waals surface area (Å²) in [4.78, 5) is 29.1. The molecule has 1 aromatic heterocycles. The van der Waals surface area contributed by atoms with E-state index in [2.05, 4.69) is 16.4 Å². The van der Waals surface area contributed by atoms with Crippen molar-refractivity contribution in [3.8, 4) is 0 Å². The molecular weight excluding hydrogens is 394 g/mol. The Morgan fingerprint density at radius 1 is 1.18 bits per heavy atom. The number of benzene rings is 2. The van der Waals surface area contributed by atoms with Crippen molar-refractivity contribution in [1.29, 1.82) is 0 Å². The maximum atomic E-state index is 12.4. The number of halogens is 1. The van der Waals surface area contributed by atoms with Gasteiger partial charge in [-0.3, -0.25) is 9.59 Å². The van der Waals surface area contributed by atoms with E-state index in [1.54, 1.807) is 4.90 Å². The lowest BCUT2D eigenvalue weighted by Crippen LogP contribution is -2.39. The molecule has 1 aliphatic rings. The Morgan fingerprint density at radius 3 is 2.75 bits per heavy atom. The lowest BCUT2D eigenvalue weighted by molar-refractivity contribution is -0.132. The molecule has 2 amide bonds. The van der Waals surface area contributed by atoms with E-state index in [-0.39, 0.29) is 24.3 Å². The summed E-state index contributed by atoms with van der Waals surface area (Å²) in [5.41, 5.74) is 3.08. The number of carbonyl (C=O) groups excluding carboxylic acids is 2. The van der Waals surface area contributed by atoms with Crippen LogP contribution in [0.2, 0.25) is 5.02 Å². The van der Waals surface area contributed by atoms with Gasteiger partial charge in [-0.1, -0.05) is 48.0 Å². The summed E-state index contributed by atoms with van der Waals surface area (Å²) in [6.45, 7) is 0.495. The van der Waals surface area contributed by atoms with Crippen LogP contribution in [0, 0.1) is 0 Å². The molecule has 4 rings (SSSR count). The molecule has 1 unspecified atom stereocenters. The largest absolute Gasteiger partial charge is 0.361 e. The number of thioether (sulfide) groups is 1. The number of H-pyrrole nitrogens is 1. The first kappa shape index (κ1) is 18.9. The number of para-hydroxylation sites is 1. The quantitative estimate of drug-likeness (QED) is 0.648. The van der Waals surface area contributed by atoms with E-state index >= 15 is 0 Å². The molecule has 5 nitrogen and oxygen atoms in total. The number of amides is 2. The first-order valence-corrected chi connectivity index (χ1v) is 10.6. The van der Waals surface area contributed by atoms with Gasteiger partial charge in [-0.05, 0) is 23.3 Å². The Hall–Kier alpha value is -2.44. The highest BCUT2D eigenvalue weighted by molar-refractivity contribution is 8.00. The molecule has 1 fully saturated rings. The predicted octanol–water partition coefficient (Wildman–Crippen LogP) is 3.60. The zero-order valence-electron chi connectivity index (χ0n) is 15.2. The molecule has 1 aliphatic heterocycles. The van der Waals surface area contributed by atoms with Gasteiger partial charge in [-0.15, -0.1) is 11.8 Å². The molecule has 0 radical (unpaired) electrons. The molecule has 7 heteroatoms. The summed E-state index contributed by atoms with van der Waals surface area (Å²) in [7, 11) is 0. The summed E-state index contributed by atoms with van der Waals surface area (Å²) >= 11 is 8.01. The second kappa shape index (κ2) is 8.29. The Kier molecular flexibility index (Phi) is 5.59. The van der Waals surface area contributed by atoms with Crippen LogP contribution in [-0.2, 0) is 9.59 Å². The molecule has 1 atom stereocenters. The van der Waals surface area contributed by atoms with Gasteiger partial charge in [0, 0.05) is 34.6 Å². The highest BCUT2D eigenvalue weighted by atomic mass is 35.5. The summed E-state index contributed by atoms with van der Waals surface area (Å²) < 4.78 is 0. The Labute approximate surface area is 172 Å². The number of aromatic amines is 1. The van der Waals surface area contributed by atoms with Gasteiger partial charge in [0.25, 0.3) is 0 Å². The molecule has 2 N–H and O–H groups in total. The number of aromatic nitrogens is 1. The summed E-state index contributed by atoms with van der Waals surface area (Å²) in [5.74, 6) is 0.776. The third-order valence-corrected chi connectivity index (χ3v) is 6.23. The topological polar surface area (TPSA) is 65.2 Å². The molecular formula is C21H20ClN3O2S. The highest BCUT2D eigenvalue weighted by Gasteiger charge is 2.25. The van der Waals surface area contributed by atoms with Gasteiger partial charge in [-0.2, -0.15) is 0 Å². The predicted molar refractivity (Wildman–Crippen MR) is 114 cm³/mol. The standard InChI is InChI=1S/C21H20ClN3O2S/c22-18-7-3-1-5-14(18)16(17-9-23-19-8-4-2-6-15(17)19)10-24-20(26)11-25-13-28-12-21(25)27/h1-9,16,23H,10-13H2,(H,24,26). The second-order valence-electron chi connectivity index (χ2n) is 6.74. The first-order chi connectivity index (χ1) is 13.6. The molecule has 0 aliphatic carbocycles. The molecule has 0 saturated carbocycles.